The lowest BCUT2D eigenvalue weighted by molar-refractivity contribution is 0.170. The van der Waals surface area contributed by atoms with Crippen LogP contribution in [0.1, 0.15) is 49.8 Å². The summed E-state index contributed by atoms with van der Waals surface area (Å²) >= 11 is 0. The molecule has 0 fully saturated rings. The fourth-order valence-corrected chi connectivity index (χ4v) is 4.54. The summed E-state index contributed by atoms with van der Waals surface area (Å²) in [5.41, 5.74) is 4.68. The third-order valence-electron chi connectivity index (χ3n) is 6.19. The van der Waals surface area contributed by atoms with Gasteiger partial charge in [0.1, 0.15) is 0 Å². The molecule has 1 aromatic carbocycles. The topological polar surface area (TPSA) is 63.5 Å². The van der Waals surface area contributed by atoms with Crippen molar-refractivity contribution in [3.63, 3.8) is 0 Å². The Kier molecular flexibility index (Phi) is 5.00. The van der Waals surface area contributed by atoms with Crippen molar-refractivity contribution in [1.29, 1.82) is 0 Å². The first-order chi connectivity index (χ1) is 13.1. The van der Waals surface area contributed by atoms with Gasteiger partial charge in [-0.2, -0.15) is 0 Å². The zero-order valence-electron chi connectivity index (χ0n) is 16.3. The van der Waals surface area contributed by atoms with Crippen molar-refractivity contribution in [1.82, 2.24) is 4.90 Å². The zero-order valence-corrected chi connectivity index (χ0v) is 16.3. The van der Waals surface area contributed by atoms with E-state index in [-0.39, 0.29) is 12.8 Å². The normalized spacial score (nSPS) is 25.1. The minimum Gasteiger partial charge on any atom is -0.492 e. The van der Waals surface area contributed by atoms with E-state index in [1.807, 2.05) is 0 Å². The Morgan fingerprint density at radius 1 is 1.37 bits per heavy atom. The van der Waals surface area contributed by atoms with Gasteiger partial charge in [-0.3, -0.25) is 4.90 Å². The molecule has 27 heavy (non-hydrogen) atoms. The largest absolute Gasteiger partial charge is 0.492 e. The Labute approximate surface area is 160 Å². The summed E-state index contributed by atoms with van der Waals surface area (Å²) in [6.07, 6.45) is 6.97. The summed E-state index contributed by atoms with van der Waals surface area (Å²) in [5, 5.41) is 13.5. The predicted molar refractivity (Wildman–Crippen MR) is 103 cm³/mol. The number of benzene rings is 1. The molecule has 2 atom stereocenters. The van der Waals surface area contributed by atoms with Crippen LogP contribution in [0.15, 0.2) is 22.9 Å². The van der Waals surface area contributed by atoms with E-state index in [1.165, 1.54) is 11.1 Å². The molecule has 0 radical (unpaired) electrons. The quantitative estimate of drug-likeness (QED) is 0.376. The monoisotopic (exact) mass is 372 g/mol. The van der Waals surface area contributed by atoms with Gasteiger partial charge in [-0.05, 0) is 51.3 Å². The van der Waals surface area contributed by atoms with Crippen LogP contribution in [-0.2, 0) is 6.42 Å². The lowest BCUT2D eigenvalue weighted by atomic mass is 9.81. The van der Waals surface area contributed by atoms with E-state index in [0.717, 1.165) is 55.0 Å². The maximum Gasteiger partial charge on any atom is 0.231 e. The summed E-state index contributed by atoms with van der Waals surface area (Å²) in [5.74, 6) is 2.51. The minimum absolute atomic E-state index is 0.0936. The van der Waals surface area contributed by atoms with Crippen LogP contribution in [0.5, 0.6) is 17.2 Å². The van der Waals surface area contributed by atoms with Gasteiger partial charge in [0, 0.05) is 30.5 Å². The number of hydrogen-bond acceptors (Lipinski definition) is 6. The smallest absolute Gasteiger partial charge is 0.231 e. The first-order valence-corrected chi connectivity index (χ1v) is 9.68. The molecule has 0 unspecified atom stereocenters. The molecular weight excluding hydrogens is 344 g/mol. The third kappa shape index (κ3) is 3.27. The van der Waals surface area contributed by atoms with E-state index < -0.39 is 0 Å². The van der Waals surface area contributed by atoms with Crippen molar-refractivity contribution in [3.8, 4) is 17.2 Å². The molecule has 6 nitrogen and oxygen atoms in total. The summed E-state index contributed by atoms with van der Waals surface area (Å²) in [6.45, 7) is 3.35. The molecule has 0 amide bonds. The van der Waals surface area contributed by atoms with Crippen LogP contribution >= 0.6 is 0 Å². The summed E-state index contributed by atoms with van der Waals surface area (Å²) in [4.78, 5) is 2.32. The number of hydrogen-bond donors (Lipinski definition) is 1. The second-order valence-electron chi connectivity index (χ2n) is 7.78. The number of rotatable bonds is 4. The summed E-state index contributed by atoms with van der Waals surface area (Å²) in [7, 11) is 3.80. The van der Waals surface area contributed by atoms with Crippen LogP contribution in [0.25, 0.3) is 0 Å². The second-order valence-corrected chi connectivity index (χ2v) is 7.78. The summed E-state index contributed by atoms with van der Waals surface area (Å²) < 4.78 is 17.0. The van der Waals surface area contributed by atoms with Crippen molar-refractivity contribution < 1.29 is 19.4 Å². The Morgan fingerprint density at radius 2 is 2.22 bits per heavy atom. The molecule has 2 aliphatic heterocycles. The maximum absolute atomic E-state index is 9.76. The number of fused-ring (bicyclic) bond motifs is 2. The maximum atomic E-state index is 9.76. The Balaban J connectivity index is 1.68. The van der Waals surface area contributed by atoms with E-state index in [1.54, 1.807) is 7.11 Å². The number of likely N-dealkylation sites (N-methyl/N-ethyl adjacent to an activating group) is 1. The Morgan fingerprint density at radius 3 is 2.93 bits per heavy atom. The molecule has 146 valence electrons. The zero-order chi connectivity index (χ0) is 19.0. The van der Waals surface area contributed by atoms with Gasteiger partial charge in [-0.1, -0.05) is 16.8 Å². The predicted octanol–water partition coefficient (Wildman–Crippen LogP) is 3.92. The highest BCUT2D eigenvalue weighted by Gasteiger charge is 2.35. The number of nitrogens with zero attached hydrogens (tertiary/aromatic N) is 2. The number of methoxy groups -OCH3 is 1. The van der Waals surface area contributed by atoms with Gasteiger partial charge in [-0.25, -0.2) is 0 Å². The number of ether oxygens (including phenoxy) is 3. The molecule has 4 rings (SSSR count). The molecule has 0 spiro atoms. The van der Waals surface area contributed by atoms with E-state index in [9.17, 15) is 5.21 Å². The molecule has 0 aromatic heterocycles. The molecule has 0 saturated heterocycles. The summed E-state index contributed by atoms with van der Waals surface area (Å²) in [6, 6.07) is 2.18. The highest BCUT2D eigenvalue weighted by molar-refractivity contribution is 5.87. The first-order valence-electron chi connectivity index (χ1n) is 9.68. The van der Waals surface area contributed by atoms with Crippen LogP contribution in [0.3, 0.4) is 0 Å². The third-order valence-corrected chi connectivity index (χ3v) is 6.19. The first kappa shape index (κ1) is 18.2. The van der Waals surface area contributed by atoms with Crippen molar-refractivity contribution >= 4 is 5.71 Å². The van der Waals surface area contributed by atoms with Gasteiger partial charge in [-0.15, -0.1) is 0 Å². The van der Waals surface area contributed by atoms with E-state index in [4.69, 9.17) is 14.2 Å². The molecule has 1 aromatic rings. The molecule has 3 aliphatic rings. The lowest BCUT2D eigenvalue weighted by Gasteiger charge is -2.37. The highest BCUT2D eigenvalue weighted by atomic mass is 16.7. The second kappa shape index (κ2) is 7.43. The fourth-order valence-electron chi connectivity index (χ4n) is 4.54. The van der Waals surface area contributed by atoms with E-state index in [2.05, 4.69) is 36.2 Å². The van der Waals surface area contributed by atoms with Crippen molar-refractivity contribution in [2.24, 2.45) is 11.1 Å². The van der Waals surface area contributed by atoms with E-state index >= 15 is 0 Å². The van der Waals surface area contributed by atoms with Crippen LogP contribution < -0.4 is 14.2 Å². The van der Waals surface area contributed by atoms with E-state index in [0.29, 0.717) is 18.1 Å². The van der Waals surface area contributed by atoms with Crippen LogP contribution in [0, 0.1) is 5.92 Å². The van der Waals surface area contributed by atoms with Gasteiger partial charge < -0.3 is 19.4 Å². The minimum atomic E-state index is 0.0936. The molecular formula is C21H28N2O4. The average Bonchev–Trinajstić information content (AvgIpc) is 3.15. The van der Waals surface area contributed by atoms with Gasteiger partial charge in [0.2, 0.25) is 12.5 Å². The molecule has 1 N–H and O–H groups in total. The molecule has 1 aliphatic carbocycles. The standard InChI is InChI=1S/C21H28N2O4/c1-13-4-6-14(7-5-13)16(22-24)11-17-19-15(8-9-23(17)2)10-18-20(21(19)25-3)27-12-26-18/h4,10,14,17,24H,5-9,11-12H2,1-3H3/b22-16+/t14-,17-/m1/s1. The van der Waals surface area contributed by atoms with Gasteiger partial charge in [0.25, 0.3) is 0 Å². The van der Waals surface area contributed by atoms with Crippen molar-refractivity contribution in [2.45, 2.75) is 45.1 Å². The van der Waals surface area contributed by atoms with Gasteiger partial charge in [0.05, 0.1) is 12.8 Å². The lowest BCUT2D eigenvalue weighted by Crippen LogP contribution is -2.35. The van der Waals surface area contributed by atoms with Crippen molar-refractivity contribution in [3.05, 3.63) is 28.8 Å². The van der Waals surface area contributed by atoms with Gasteiger partial charge >= 0.3 is 0 Å². The number of allylic oxidation sites excluding steroid dienone is 2. The Hall–Kier alpha value is -2.21. The van der Waals surface area contributed by atoms with Crippen LogP contribution in [-0.4, -0.2) is 43.3 Å². The van der Waals surface area contributed by atoms with Gasteiger partial charge in [0.15, 0.2) is 11.5 Å². The van der Waals surface area contributed by atoms with Crippen molar-refractivity contribution in [2.75, 3.05) is 27.5 Å². The average molecular weight is 372 g/mol. The highest BCUT2D eigenvalue weighted by Crippen LogP contribution is 2.50. The number of oxime groups is 1. The fraction of sp³-hybridized carbons (Fsp3) is 0.571. The molecule has 0 bridgehead atoms. The SMILES string of the molecule is COc1c2c(cc3c1[C@@H](C/C(=N\O)[C@@H]1CC=C(C)CC1)N(C)CC3)OCO2. The molecule has 2 heterocycles. The Bertz CT molecular complexity index is 787. The molecule has 0 saturated carbocycles. The van der Waals surface area contributed by atoms with Crippen LogP contribution in [0.2, 0.25) is 0 Å². The molecule has 6 heteroatoms. The van der Waals surface area contributed by atoms with Crippen LogP contribution in [0.4, 0.5) is 0 Å².